The van der Waals surface area contributed by atoms with Crippen LogP contribution >= 0.6 is 0 Å². The molecule has 0 amide bonds. The van der Waals surface area contributed by atoms with Gasteiger partial charge < -0.3 is 8.80 Å². The molecule has 0 spiro atoms. The Kier molecular flexibility index (Phi) is 5.84. The quantitative estimate of drug-likeness (QED) is 0.152. The molecule has 0 aliphatic heterocycles. The van der Waals surface area contributed by atoms with E-state index in [9.17, 15) is 0 Å². The summed E-state index contributed by atoms with van der Waals surface area (Å²) >= 11 is 0. The lowest BCUT2D eigenvalue weighted by molar-refractivity contribution is 0.165. The number of benzene rings is 4. The highest BCUT2D eigenvalue weighted by Gasteiger charge is 2.44. The smallest absolute Gasteiger partial charge is 0.0728 e. The highest BCUT2D eigenvalue weighted by molar-refractivity contribution is 6.30. The summed E-state index contributed by atoms with van der Waals surface area (Å²) < 4.78 is 5.35. The number of hydrogen-bond donors (Lipinski definition) is 0. The second-order valence-electron chi connectivity index (χ2n) is 22.4. The first-order chi connectivity index (χ1) is 26.6. The molecular formula is C53H55N3. The van der Waals surface area contributed by atoms with Crippen molar-refractivity contribution in [2.75, 3.05) is 0 Å². The third-order valence-corrected chi connectivity index (χ3v) is 15.8. The molecule has 0 radical (unpaired) electrons. The molecule has 5 heterocycles. The Hall–Kier alpha value is -4.37. The van der Waals surface area contributed by atoms with Crippen LogP contribution in [0.3, 0.4) is 0 Å². The van der Waals surface area contributed by atoms with Gasteiger partial charge in [0.25, 0.3) is 0 Å². The fourth-order valence-electron chi connectivity index (χ4n) is 13.5. The zero-order valence-corrected chi connectivity index (χ0v) is 34.9. The van der Waals surface area contributed by atoms with Crippen molar-refractivity contribution in [3.05, 3.63) is 87.7 Å². The summed E-state index contributed by atoms with van der Waals surface area (Å²) in [6, 6.07) is 18.1. The number of fused-ring (bicyclic) bond motifs is 14. The lowest BCUT2D eigenvalue weighted by Crippen LogP contribution is -2.25. The summed E-state index contributed by atoms with van der Waals surface area (Å²) in [7, 11) is 0. The average molecular weight is 734 g/mol. The second kappa shape index (κ2) is 10.0. The van der Waals surface area contributed by atoms with Crippen LogP contribution < -0.4 is 0 Å². The van der Waals surface area contributed by atoms with Crippen LogP contribution in [0.15, 0.2) is 48.7 Å². The van der Waals surface area contributed by atoms with Gasteiger partial charge in [-0.2, -0.15) is 0 Å². The Morgan fingerprint density at radius 3 is 1.62 bits per heavy atom. The van der Waals surface area contributed by atoms with Crippen molar-refractivity contribution in [1.82, 2.24) is 13.8 Å². The van der Waals surface area contributed by atoms with Crippen molar-refractivity contribution in [2.24, 2.45) is 11.8 Å². The molecule has 4 aromatic carbocycles. The van der Waals surface area contributed by atoms with Crippen LogP contribution in [-0.4, -0.2) is 13.8 Å². The number of nitrogens with zero attached hydrogens (tertiary/aromatic N) is 3. The molecule has 4 bridgehead atoms. The maximum atomic E-state index is 5.51. The molecule has 2 saturated carbocycles. The van der Waals surface area contributed by atoms with Crippen LogP contribution in [0.5, 0.6) is 0 Å². The van der Waals surface area contributed by atoms with Gasteiger partial charge in [0.05, 0.1) is 39.3 Å². The fourth-order valence-corrected chi connectivity index (χ4v) is 13.5. The minimum absolute atomic E-state index is 0.0339. The van der Waals surface area contributed by atoms with Gasteiger partial charge in [-0.3, -0.25) is 4.98 Å². The van der Waals surface area contributed by atoms with Gasteiger partial charge in [-0.25, -0.2) is 0 Å². The third kappa shape index (κ3) is 3.94. The van der Waals surface area contributed by atoms with E-state index in [1.165, 1.54) is 144 Å². The number of hydrogen-bond acceptors (Lipinski definition) is 1. The number of aryl methyl sites for hydroxylation is 1. The molecule has 0 N–H and O–H groups in total. The number of pyridine rings is 1. The Balaban J connectivity index is 1.22. The summed E-state index contributed by atoms with van der Waals surface area (Å²) in [6.45, 7) is 21.6. The van der Waals surface area contributed by atoms with Crippen LogP contribution in [0.25, 0.3) is 76.2 Å². The van der Waals surface area contributed by atoms with Gasteiger partial charge in [-0.1, -0.05) is 62.3 Å². The largest absolute Gasteiger partial charge is 0.308 e. The first kappa shape index (κ1) is 32.7. The predicted molar refractivity (Wildman–Crippen MR) is 237 cm³/mol. The van der Waals surface area contributed by atoms with Crippen molar-refractivity contribution in [3.8, 4) is 0 Å². The molecule has 5 aromatic heterocycles. The molecule has 2 atom stereocenters. The summed E-state index contributed by atoms with van der Waals surface area (Å²) in [5, 5.41) is 11.5. The summed E-state index contributed by atoms with van der Waals surface area (Å²) in [5.41, 5.74) is 19.2. The van der Waals surface area contributed by atoms with E-state index >= 15 is 0 Å². The van der Waals surface area contributed by atoms with Crippen LogP contribution in [-0.2, 0) is 29.1 Å². The standard InChI is InChI=1S/C53H55N3/c1-51(2,3)30-18-36-34-23-42-35(22-41(34)55-43-24-40(53(7,8)9)32-11-10-12-33(32)46(43)38(20-30)49(36)55)37-19-31(52(4,5)6)21-39-47-44(56(42)50(37)39)25-54-48-29-16-26-13-27(17-29)15-28(14-26)45(47)48/h18-29H,10-17H2,1-9H3. The van der Waals surface area contributed by atoms with Crippen LogP contribution in [0.4, 0.5) is 0 Å². The molecule has 56 heavy (non-hydrogen) atoms. The van der Waals surface area contributed by atoms with E-state index in [4.69, 9.17) is 4.98 Å². The van der Waals surface area contributed by atoms with Gasteiger partial charge >= 0.3 is 0 Å². The zero-order chi connectivity index (χ0) is 38.1. The van der Waals surface area contributed by atoms with Crippen molar-refractivity contribution >= 4 is 76.2 Å². The van der Waals surface area contributed by atoms with Crippen molar-refractivity contribution < 1.29 is 0 Å². The lowest BCUT2D eigenvalue weighted by Gasteiger charge is -2.38. The molecular weight excluding hydrogens is 679 g/mol. The minimum atomic E-state index is 0.0339. The van der Waals surface area contributed by atoms with Gasteiger partial charge in [0.1, 0.15) is 0 Å². The maximum Gasteiger partial charge on any atom is 0.0728 e. The van der Waals surface area contributed by atoms with Gasteiger partial charge in [0.2, 0.25) is 0 Å². The van der Waals surface area contributed by atoms with Gasteiger partial charge in [-0.05, 0) is 161 Å². The van der Waals surface area contributed by atoms with E-state index in [1.807, 2.05) is 0 Å². The molecule has 3 heteroatoms. The molecule has 282 valence electrons. The first-order valence-electron chi connectivity index (χ1n) is 22.0. The van der Waals surface area contributed by atoms with Crippen LogP contribution in [0, 0.1) is 11.8 Å². The number of aromatic nitrogens is 3. The molecule has 5 aliphatic carbocycles. The highest BCUT2D eigenvalue weighted by Crippen LogP contribution is 2.58. The molecule has 2 fully saturated rings. The van der Waals surface area contributed by atoms with Gasteiger partial charge in [0, 0.05) is 54.7 Å². The Morgan fingerprint density at radius 1 is 0.500 bits per heavy atom. The zero-order valence-electron chi connectivity index (χ0n) is 34.9. The fraction of sp³-hybridized carbons (Fsp3) is 0.453. The Labute approximate surface area is 330 Å². The lowest BCUT2D eigenvalue weighted by atomic mass is 9.67. The second-order valence-corrected chi connectivity index (χ2v) is 22.4. The van der Waals surface area contributed by atoms with Crippen LogP contribution in [0.1, 0.15) is 152 Å². The Bertz CT molecular complexity index is 3200. The SMILES string of the molecule is CC(C)(C)c1cc2c3cc4c(cc3n3c5cc(C(C)(C)C)c6c(c5c(c1)c23)CCC6)c1cc(C(C)(C)C)cc2c3c5c(ncc3n4c12)C1CC2CC(C1)CC5C2. The molecule has 0 saturated heterocycles. The Morgan fingerprint density at radius 2 is 1.04 bits per heavy atom. The van der Waals surface area contributed by atoms with E-state index in [2.05, 4.69) is 120 Å². The van der Waals surface area contributed by atoms with Gasteiger partial charge in [0.15, 0.2) is 0 Å². The summed E-state index contributed by atoms with van der Waals surface area (Å²) in [5.74, 6) is 3.03. The summed E-state index contributed by atoms with van der Waals surface area (Å²) in [4.78, 5) is 5.51. The molecule has 14 rings (SSSR count). The van der Waals surface area contributed by atoms with E-state index in [-0.39, 0.29) is 16.2 Å². The monoisotopic (exact) mass is 733 g/mol. The van der Waals surface area contributed by atoms with Crippen molar-refractivity contribution in [1.29, 1.82) is 0 Å². The minimum Gasteiger partial charge on any atom is -0.308 e. The summed E-state index contributed by atoms with van der Waals surface area (Å²) in [6.07, 6.45) is 12.8. The van der Waals surface area contributed by atoms with E-state index < -0.39 is 0 Å². The van der Waals surface area contributed by atoms with Gasteiger partial charge in [-0.15, -0.1) is 0 Å². The van der Waals surface area contributed by atoms with E-state index in [0.29, 0.717) is 11.8 Å². The van der Waals surface area contributed by atoms with Crippen molar-refractivity contribution in [3.63, 3.8) is 0 Å². The highest BCUT2D eigenvalue weighted by atomic mass is 14.9. The van der Waals surface area contributed by atoms with E-state index in [0.717, 1.165) is 11.8 Å². The number of rotatable bonds is 0. The van der Waals surface area contributed by atoms with Crippen LogP contribution in [0.2, 0.25) is 0 Å². The van der Waals surface area contributed by atoms with E-state index in [1.54, 1.807) is 22.3 Å². The van der Waals surface area contributed by atoms with Crippen molar-refractivity contribution in [2.45, 2.75) is 142 Å². The molecule has 5 aliphatic rings. The topological polar surface area (TPSA) is 21.7 Å². The normalized spacial score (nSPS) is 22.9. The maximum absolute atomic E-state index is 5.51. The first-order valence-corrected chi connectivity index (χ1v) is 22.0. The molecule has 3 nitrogen and oxygen atoms in total. The third-order valence-electron chi connectivity index (χ3n) is 15.8. The molecule has 2 unspecified atom stereocenters. The predicted octanol–water partition coefficient (Wildman–Crippen LogP) is 14.2. The molecule has 9 aromatic rings. The average Bonchev–Trinajstić information content (AvgIpc) is 3.92.